The molecule has 0 saturated heterocycles. The Bertz CT molecular complexity index is 385. The Kier molecular flexibility index (Phi) is 4.32. The van der Waals surface area contributed by atoms with Crippen molar-refractivity contribution in [3.05, 3.63) is 24.3 Å². The lowest BCUT2D eigenvalue weighted by Crippen LogP contribution is -2.21. The second kappa shape index (κ2) is 5.75. The van der Waals surface area contributed by atoms with E-state index in [2.05, 4.69) is 10.3 Å². The average molecular weight is 221 g/mol. The minimum absolute atomic E-state index is 0.254. The number of guanidine groups is 1. The molecule has 86 valence electrons. The first-order valence-electron chi connectivity index (χ1n) is 4.95. The third-order valence-corrected chi connectivity index (χ3v) is 1.89. The molecule has 1 aromatic carbocycles. The first-order valence-corrected chi connectivity index (χ1v) is 4.95. The maximum Gasteiger partial charge on any atom is 0.310 e. The number of carbonyl (C=O) groups is 1. The summed E-state index contributed by atoms with van der Waals surface area (Å²) in [6, 6.07) is 6.91. The Morgan fingerprint density at radius 3 is 2.56 bits per heavy atom. The zero-order valence-corrected chi connectivity index (χ0v) is 9.36. The molecule has 0 aliphatic carbocycles. The monoisotopic (exact) mass is 221 g/mol. The fourth-order valence-corrected chi connectivity index (χ4v) is 1.01. The van der Waals surface area contributed by atoms with Gasteiger partial charge in [0.2, 0.25) is 0 Å². The Hall–Kier alpha value is -2.04. The number of rotatable bonds is 3. The predicted octanol–water partition coefficient (Wildman–Crippen LogP) is 1.36. The van der Waals surface area contributed by atoms with Gasteiger partial charge < -0.3 is 15.8 Å². The molecule has 0 spiro atoms. The van der Waals surface area contributed by atoms with E-state index in [1.165, 1.54) is 0 Å². The highest BCUT2D eigenvalue weighted by atomic mass is 16.5. The molecule has 0 aliphatic heterocycles. The molecule has 5 heteroatoms. The van der Waals surface area contributed by atoms with E-state index in [0.29, 0.717) is 18.1 Å². The highest BCUT2D eigenvalue weighted by Gasteiger charge is 2.01. The molecule has 0 fully saturated rings. The van der Waals surface area contributed by atoms with Crippen molar-refractivity contribution >= 4 is 17.6 Å². The summed E-state index contributed by atoms with van der Waals surface area (Å²) in [5.41, 5.74) is 6.29. The molecule has 0 bridgehead atoms. The normalized spacial score (nSPS) is 11.0. The Balaban J connectivity index is 2.64. The summed E-state index contributed by atoms with van der Waals surface area (Å²) < 4.78 is 5.02. The predicted molar refractivity (Wildman–Crippen MR) is 63.5 cm³/mol. The van der Waals surface area contributed by atoms with Crippen molar-refractivity contribution in [3.8, 4) is 5.75 Å². The van der Waals surface area contributed by atoms with Crippen LogP contribution in [0.2, 0.25) is 0 Å². The van der Waals surface area contributed by atoms with Gasteiger partial charge >= 0.3 is 5.97 Å². The van der Waals surface area contributed by atoms with Crippen LogP contribution in [0, 0.1) is 0 Å². The van der Waals surface area contributed by atoms with Gasteiger partial charge in [0.1, 0.15) is 5.75 Å². The first kappa shape index (κ1) is 12.0. The highest BCUT2D eigenvalue weighted by Crippen LogP contribution is 2.15. The molecule has 1 rings (SSSR count). The van der Waals surface area contributed by atoms with E-state index in [1.807, 2.05) is 0 Å². The number of hydrogen-bond acceptors (Lipinski definition) is 3. The lowest BCUT2D eigenvalue weighted by molar-refractivity contribution is -0.134. The fraction of sp³-hybridized carbons (Fsp3) is 0.273. The van der Waals surface area contributed by atoms with E-state index in [1.54, 1.807) is 38.2 Å². The molecule has 1 aromatic rings. The van der Waals surface area contributed by atoms with Crippen LogP contribution >= 0.6 is 0 Å². The van der Waals surface area contributed by atoms with Crippen LogP contribution in [0.15, 0.2) is 29.3 Å². The van der Waals surface area contributed by atoms with Crippen molar-refractivity contribution in [2.45, 2.75) is 13.3 Å². The minimum atomic E-state index is -0.254. The molecule has 0 amide bonds. The van der Waals surface area contributed by atoms with Crippen molar-refractivity contribution in [1.29, 1.82) is 0 Å². The van der Waals surface area contributed by atoms with Gasteiger partial charge in [-0.1, -0.05) is 6.92 Å². The molecule has 0 saturated carbocycles. The number of nitrogens with one attached hydrogen (secondary N) is 1. The molecule has 3 N–H and O–H groups in total. The van der Waals surface area contributed by atoms with Crippen LogP contribution in [0.4, 0.5) is 5.69 Å². The number of anilines is 1. The second-order valence-corrected chi connectivity index (χ2v) is 3.09. The van der Waals surface area contributed by atoms with E-state index >= 15 is 0 Å². The van der Waals surface area contributed by atoms with Crippen molar-refractivity contribution in [2.75, 3.05) is 12.4 Å². The van der Waals surface area contributed by atoms with Crippen molar-refractivity contribution in [3.63, 3.8) is 0 Å². The SMILES string of the molecule is CCC(=O)Oc1ccc(NC(N)=NC)cc1. The number of nitrogens with zero attached hydrogens (tertiary/aromatic N) is 1. The number of nitrogens with two attached hydrogens (primary N) is 1. The lowest BCUT2D eigenvalue weighted by Gasteiger charge is -2.06. The third-order valence-electron chi connectivity index (χ3n) is 1.89. The molecule has 0 atom stereocenters. The van der Waals surface area contributed by atoms with Gasteiger partial charge in [-0.2, -0.15) is 0 Å². The number of ether oxygens (including phenoxy) is 1. The summed E-state index contributed by atoms with van der Waals surface area (Å²) in [4.78, 5) is 14.8. The smallest absolute Gasteiger partial charge is 0.310 e. The summed E-state index contributed by atoms with van der Waals surface area (Å²) in [7, 11) is 1.60. The molecule has 0 radical (unpaired) electrons. The number of hydrogen-bond donors (Lipinski definition) is 2. The van der Waals surface area contributed by atoms with Gasteiger partial charge in [-0.15, -0.1) is 0 Å². The second-order valence-electron chi connectivity index (χ2n) is 3.09. The van der Waals surface area contributed by atoms with Crippen LogP contribution in [0.5, 0.6) is 5.75 Å². The Labute approximate surface area is 94.3 Å². The highest BCUT2D eigenvalue weighted by molar-refractivity contribution is 5.92. The Morgan fingerprint density at radius 1 is 1.44 bits per heavy atom. The van der Waals surface area contributed by atoms with Crippen LogP contribution in [0.3, 0.4) is 0 Å². The van der Waals surface area contributed by atoms with Crippen LogP contribution in [0.25, 0.3) is 0 Å². The first-order chi connectivity index (χ1) is 7.65. The third kappa shape index (κ3) is 3.61. The molecule has 5 nitrogen and oxygen atoms in total. The maximum absolute atomic E-state index is 11.0. The van der Waals surface area contributed by atoms with E-state index < -0.39 is 0 Å². The van der Waals surface area contributed by atoms with Gasteiger partial charge in [0.25, 0.3) is 0 Å². The fourth-order valence-electron chi connectivity index (χ4n) is 1.01. The van der Waals surface area contributed by atoms with Crippen LogP contribution in [-0.2, 0) is 4.79 Å². The summed E-state index contributed by atoms with van der Waals surface area (Å²) in [6.07, 6.45) is 0.357. The van der Waals surface area contributed by atoms with E-state index in [4.69, 9.17) is 10.5 Å². The molecule has 0 heterocycles. The topological polar surface area (TPSA) is 76.7 Å². The van der Waals surface area contributed by atoms with Gasteiger partial charge in [-0.25, -0.2) is 0 Å². The quantitative estimate of drug-likeness (QED) is 0.349. The van der Waals surface area contributed by atoms with Crippen LogP contribution < -0.4 is 15.8 Å². The largest absolute Gasteiger partial charge is 0.427 e. The summed E-state index contributed by atoms with van der Waals surface area (Å²) >= 11 is 0. The Morgan fingerprint density at radius 2 is 2.06 bits per heavy atom. The molecule has 16 heavy (non-hydrogen) atoms. The molecule has 0 unspecified atom stereocenters. The summed E-state index contributed by atoms with van der Waals surface area (Å²) in [6.45, 7) is 1.75. The zero-order valence-electron chi connectivity index (χ0n) is 9.36. The number of carbonyl (C=O) groups excluding carboxylic acids is 1. The van der Waals surface area contributed by atoms with Gasteiger partial charge in [-0.3, -0.25) is 9.79 Å². The van der Waals surface area contributed by atoms with Crippen molar-refractivity contribution in [1.82, 2.24) is 0 Å². The van der Waals surface area contributed by atoms with E-state index in [9.17, 15) is 4.79 Å². The minimum Gasteiger partial charge on any atom is -0.427 e. The average Bonchev–Trinajstić information content (AvgIpc) is 2.31. The van der Waals surface area contributed by atoms with E-state index in [-0.39, 0.29) is 5.97 Å². The zero-order chi connectivity index (χ0) is 12.0. The maximum atomic E-state index is 11.0. The van der Waals surface area contributed by atoms with Crippen LogP contribution in [0.1, 0.15) is 13.3 Å². The molecule has 0 aromatic heterocycles. The van der Waals surface area contributed by atoms with Gasteiger partial charge in [0.15, 0.2) is 5.96 Å². The summed E-state index contributed by atoms with van der Waals surface area (Å²) in [5.74, 6) is 0.595. The molecular weight excluding hydrogens is 206 g/mol. The number of esters is 1. The van der Waals surface area contributed by atoms with Gasteiger partial charge in [-0.05, 0) is 24.3 Å². The van der Waals surface area contributed by atoms with Crippen molar-refractivity contribution in [2.24, 2.45) is 10.7 Å². The molecular formula is C11H15N3O2. The number of aliphatic imine (C=N–C) groups is 1. The molecule has 0 aliphatic rings. The number of benzene rings is 1. The van der Waals surface area contributed by atoms with E-state index in [0.717, 1.165) is 5.69 Å². The standard InChI is InChI=1S/C11H15N3O2/c1-3-10(15)16-9-6-4-8(5-7-9)14-11(12)13-2/h4-7H,3H2,1-2H3,(H3,12,13,14). The van der Waals surface area contributed by atoms with Gasteiger partial charge in [0.05, 0.1) is 0 Å². The van der Waals surface area contributed by atoms with Crippen molar-refractivity contribution < 1.29 is 9.53 Å². The van der Waals surface area contributed by atoms with Crippen LogP contribution in [-0.4, -0.2) is 19.0 Å². The summed E-state index contributed by atoms with van der Waals surface area (Å²) in [5, 5.41) is 2.87. The van der Waals surface area contributed by atoms with Gasteiger partial charge in [0, 0.05) is 19.2 Å². The lowest BCUT2D eigenvalue weighted by atomic mass is 10.3.